The van der Waals surface area contributed by atoms with Crippen molar-refractivity contribution in [3.05, 3.63) is 66.2 Å². The minimum atomic E-state index is -0.644. The van der Waals surface area contributed by atoms with Gasteiger partial charge in [0.1, 0.15) is 12.2 Å². The number of methoxy groups -OCH3 is 1. The van der Waals surface area contributed by atoms with Gasteiger partial charge in [0, 0.05) is 56.5 Å². The molecule has 9 nitrogen and oxygen atoms in total. The lowest BCUT2D eigenvalue weighted by atomic mass is 9.93. The quantitative estimate of drug-likeness (QED) is 0.164. The third-order valence-electron chi connectivity index (χ3n) is 6.49. The summed E-state index contributed by atoms with van der Waals surface area (Å²) in [7, 11) is 1.67. The summed E-state index contributed by atoms with van der Waals surface area (Å²) in [5, 5.41) is 8.67. The van der Waals surface area contributed by atoms with Gasteiger partial charge in [0.2, 0.25) is 11.8 Å². The van der Waals surface area contributed by atoms with E-state index in [4.69, 9.17) is 9.47 Å². The zero-order valence-electron chi connectivity index (χ0n) is 22.0. The van der Waals surface area contributed by atoms with Crippen LogP contribution in [0.25, 0.3) is 20.8 Å². The lowest BCUT2D eigenvalue weighted by Gasteiger charge is -2.26. The van der Waals surface area contributed by atoms with E-state index >= 15 is 0 Å². The summed E-state index contributed by atoms with van der Waals surface area (Å²) in [6, 6.07) is 11.9. The second-order valence-electron chi connectivity index (χ2n) is 9.52. The van der Waals surface area contributed by atoms with Crippen molar-refractivity contribution in [1.29, 1.82) is 0 Å². The van der Waals surface area contributed by atoms with Crippen LogP contribution in [-0.2, 0) is 20.9 Å². The predicted octanol–water partition coefficient (Wildman–Crippen LogP) is 5.02. The lowest BCUT2D eigenvalue weighted by molar-refractivity contribution is -0.127. The molecule has 3 N–H and O–H groups in total. The second kappa shape index (κ2) is 12.9. The van der Waals surface area contributed by atoms with Crippen LogP contribution in [0.3, 0.4) is 0 Å². The van der Waals surface area contributed by atoms with Crippen LogP contribution in [0, 0.1) is 5.82 Å². The number of benzene rings is 1. The summed E-state index contributed by atoms with van der Waals surface area (Å²) < 4.78 is 26.7. The summed E-state index contributed by atoms with van der Waals surface area (Å²) in [6.07, 6.45) is 6.10. The summed E-state index contributed by atoms with van der Waals surface area (Å²) in [5.41, 5.74) is 2.83. The molecule has 3 heterocycles. The van der Waals surface area contributed by atoms with Crippen molar-refractivity contribution in [2.75, 3.05) is 25.6 Å². The summed E-state index contributed by atoms with van der Waals surface area (Å²) in [4.78, 5) is 34.1. The number of nitrogens with one attached hydrogen (secondary N) is 3. The minimum Gasteiger partial charge on any atom is -0.453 e. The molecule has 40 heavy (non-hydrogen) atoms. The Morgan fingerprint density at radius 2 is 1.95 bits per heavy atom. The van der Waals surface area contributed by atoms with Crippen LogP contribution in [0.1, 0.15) is 31.2 Å². The Hall–Kier alpha value is -3.93. The first kappa shape index (κ1) is 27.6. The molecule has 0 radical (unpaired) electrons. The van der Waals surface area contributed by atoms with E-state index in [0.717, 1.165) is 46.6 Å². The smallest absolute Gasteiger partial charge is 0.233 e. The van der Waals surface area contributed by atoms with Gasteiger partial charge in [0.25, 0.3) is 0 Å². The Balaban J connectivity index is 1.23. The molecule has 0 aliphatic heterocycles. The first-order chi connectivity index (χ1) is 19.5. The molecule has 1 aliphatic rings. The maximum absolute atomic E-state index is 14.9. The molecule has 3 aromatic heterocycles. The van der Waals surface area contributed by atoms with Crippen molar-refractivity contribution < 1.29 is 23.5 Å². The second-order valence-corrected chi connectivity index (χ2v) is 10.6. The Morgan fingerprint density at radius 1 is 1.07 bits per heavy atom. The fourth-order valence-corrected chi connectivity index (χ4v) is 5.21. The monoisotopic (exact) mass is 563 g/mol. The Morgan fingerprint density at radius 3 is 2.67 bits per heavy atom. The molecule has 0 atom stereocenters. The van der Waals surface area contributed by atoms with E-state index < -0.39 is 11.7 Å². The topological polar surface area (TPSA) is 114 Å². The van der Waals surface area contributed by atoms with Crippen LogP contribution in [0.4, 0.5) is 10.1 Å². The van der Waals surface area contributed by atoms with Gasteiger partial charge >= 0.3 is 0 Å². The summed E-state index contributed by atoms with van der Waals surface area (Å²) in [6.45, 7) is 2.11. The number of amides is 2. The molecule has 1 aliphatic carbocycles. The van der Waals surface area contributed by atoms with Gasteiger partial charge < -0.3 is 25.4 Å². The number of thiophene rings is 1. The number of hydrogen-bond acceptors (Lipinski definition) is 8. The fourth-order valence-electron chi connectivity index (χ4n) is 4.17. The van der Waals surface area contributed by atoms with Gasteiger partial charge in [-0.15, -0.1) is 11.3 Å². The van der Waals surface area contributed by atoms with E-state index in [1.807, 2.05) is 24.4 Å². The molecule has 5 rings (SSSR count). The minimum absolute atomic E-state index is 0.00614. The van der Waals surface area contributed by atoms with Crippen molar-refractivity contribution in [3.8, 4) is 22.1 Å². The molecule has 0 saturated heterocycles. The highest BCUT2D eigenvalue weighted by Gasteiger charge is 2.21. The average molecular weight is 564 g/mol. The average Bonchev–Trinajstić information content (AvgIpc) is 3.36. The number of halogens is 1. The van der Waals surface area contributed by atoms with Crippen LogP contribution in [0.5, 0.6) is 11.5 Å². The Bertz CT molecular complexity index is 1490. The first-order valence-electron chi connectivity index (χ1n) is 13.1. The van der Waals surface area contributed by atoms with Crippen molar-refractivity contribution in [1.82, 2.24) is 20.6 Å². The van der Waals surface area contributed by atoms with Crippen molar-refractivity contribution in [3.63, 3.8) is 0 Å². The number of carbonyl (C=O) groups excluding carboxylic acids is 2. The largest absolute Gasteiger partial charge is 0.453 e. The van der Waals surface area contributed by atoms with Crippen LogP contribution >= 0.6 is 11.3 Å². The van der Waals surface area contributed by atoms with Gasteiger partial charge in [0.15, 0.2) is 11.6 Å². The van der Waals surface area contributed by atoms with Gasteiger partial charge in [-0.25, -0.2) is 4.39 Å². The lowest BCUT2D eigenvalue weighted by Crippen LogP contribution is -2.40. The van der Waals surface area contributed by atoms with Crippen LogP contribution in [0.15, 0.2) is 54.9 Å². The van der Waals surface area contributed by atoms with Gasteiger partial charge in [-0.05, 0) is 49.1 Å². The molecule has 0 unspecified atom stereocenters. The number of pyridine rings is 2. The highest BCUT2D eigenvalue weighted by atomic mass is 32.1. The number of carbonyl (C=O) groups is 2. The molecule has 1 fully saturated rings. The van der Waals surface area contributed by atoms with Crippen molar-refractivity contribution in [2.45, 2.75) is 38.3 Å². The number of anilines is 1. The molecule has 2 amide bonds. The number of hydrogen-bond donors (Lipinski definition) is 3. The highest BCUT2D eigenvalue weighted by molar-refractivity contribution is 7.22. The molecule has 1 saturated carbocycles. The zero-order chi connectivity index (χ0) is 27.9. The third-order valence-corrected chi connectivity index (χ3v) is 7.65. The molecular weight excluding hydrogens is 533 g/mol. The van der Waals surface area contributed by atoms with E-state index in [2.05, 4.69) is 25.9 Å². The van der Waals surface area contributed by atoms with Crippen LogP contribution < -0.4 is 20.7 Å². The maximum atomic E-state index is 14.9. The van der Waals surface area contributed by atoms with Crippen molar-refractivity contribution >= 4 is 39.1 Å². The van der Waals surface area contributed by atoms with Gasteiger partial charge in [-0.1, -0.05) is 6.07 Å². The van der Waals surface area contributed by atoms with Crippen molar-refractivity contribution in [2.24, 2.45) is 0 Å². The number of fused-ring (bicyclic) bond motifs is 1. The third kappa shape index (κ3) is 6.98. The molecule has 4 aromatic rings. The molecule has 11 heteroatoms. The SMILES string of the molecule is COCCNCc1ccc(-c2cc3nccc(Oc4ccc(NC(=O)CC(=O)NC5CCC5)cc4F)c3s2)nc1. The van der Waals surface area contributed by atoms with Gasteiger partial charge in [-0.3, -0.25) is 19.6 Å². The van der Waals surface area contributed by atoms with Crippen LogP contribution in [0.2, 0.25) is 0 Å². The Labute approximate surface area is 235 Å². The fraction of sp³-hybridized carbons (Fsp3) is 0.310. The number of rotatable bonds is 12. The predicted molar refractivity (Wildman–Crippen MR) is 152 cm³/mol. The molecule has 0 bridgehead atoms. The highest BCUT2D eigenvalue weighted by Crippen LogP contribution is 2.39. The van der Waals surface area contributed by atoms with E-state index in [-0.39, 0.29) is 29.8 Å². The molecule has 208 valence electrons. The number of nitrogens with zero attached hydrogens (tertiary/aromatic N) is 2. The molecular formula is C29H30FN5O4S. The van der Waals surface area contributed by atoms with Gasteiger partial charge in [-0.2, -0.15) is 0 Å². The Kier molecular flexibility index (Phi) is 8.94. The van der Waals surface area contributed by atoms with Gasteiger partial charge in [0.05, 0.1) is 27.4 Å². The van der Waals surface area contributed by atoms with E-state index in [1.54, 1.807) is 19.4 Å². The normalized spacial score (nSPS) is 13.2. The number of ether oxygens (including phenoxy) is 2. The summed E-state index contributed by atoms with van der Waals surface area (Å²) >= 11 is 1.46. The molecule has 1 aromatic carbocycles. The van der Waals surface area contributed by atoms with E-state index in [9.17, 15) is 14.0 Å². The molecule has 0 spiro atoms. The first-order valence-corrected chi connectivity index (χ1v) is 13.9. The standard InChI is InChI=1S/C29H30FN5O4S/c1-38-12-11-31-16-18-5-7-22(33-17-18)26-14-23-29(40-26)25(9-10-32-23)39-24-8-6-20(13-21(24)30)35-28(37)15-27(36)34-19-3-2-4-19/h5-10,13-14,17,19,31H,2-4,11-12,15-16H2,1H3,(H,34,36)(H,35,37). The maximum Gasteiger partial charge on any atom is 0.233 e. The van der Waals surface area contributed by atoms with Crippen LogP contribution in [-0.4, -0.2) is 48.1 Å². The summed E-state index contributed by atoms with van der Waals surface area (Å²) in [5.74, 6) is -1.01. The van der Waals surface area contributed by atoms with E-state index in [0.29, 0.717) is 24.4 Å². The zero-order valence-corrected chi connectivity index (χ0v) is 22.9. The number of aromatic nitrogens is 2. The van der Waals surface area contributed by atoms with E-state index in [1.165, 1.54) is 29.5 Å².